The van der Waals surface area contributed by atoms with Gasteiger partial charge in [0.2, 0.25) is 0 Å². The smallest absolute Gasteiger partial charge is 0.270 e. The topological polar surface area (TPSA) is 40.5 Å². The lowest BCUT2D eigenvalue weighted by molar-refractivity contribution is 0.0220. The van der Waals surface area contributed by atoms with Gasteiger partial charge in [0.15, 0.2) is 0 Å². The first-order valence-electron chi connectivity index (χ1n) is 7.03. The van der Waals surface area contributed by atoms with Crippen molar-refractivity contribution in [1.82, 2.24) is 19.7 Å². The highest BCUT2D eigenvalue weighted by Crippen LogP contribution is 2.19. The van der Waals surface area contributed by atoms with Gasteiger partial charge in [-0.05, 0) is 19.1 Å². The molecule has 5 nitrogen and oxygen atoms in total. The third-order valence-electron chi connectivity index (χ3n) is 4.41. The predicted octanol–water partition coefficient (Wildman–Crippen LogP) is 0.0631. The van der Waals surface area contributed by atoms with Crippen LogP contribution in [-0.2, 0) is 7.05 Å². The lowest BCUT2D eigenvalue weighted by atomic mass is 10.1. The maximum absolute atomic E-state index is 12.4. The van der Waals surface area contributed by atoms with E-state index in [2.05, 4.69) is 10.2 Å². The van der Waals surface area contributed by atoms with E-state index in [4.69, 9.17) is 0 Å². The lowest BCUT2D eigenvalue weighted by Crippen LogP contribution is -2.64. The minimum atomic E-state index is 0.169. The van der Waals surface area contributed by atoms with Crippen LogP contribution in [0.1, 0.15) is 16.2 Å². The molecule has 104 valence electrons. The SMILES string of the molecule is Cc1ccc(C(=O)N2CC(N3CCNCC3)C2)n1C. The van der Waals surface area contributed by atoms with Gasteiger partial charge in [-0.3, -0.25) is 9.69 Å². The summed E-state index contributed by atoms with van der Waals surface area (Å²) >= 11 is 0. The van der Waals surface area contributed by atoms with Crippen molar-refractivity contribution in [3.05, 3.63) is 23.5 Å². The molecule has 0 aromatic carbocycles. The lowest BCUT2D eigenvalue weighted by Gasteiger charge is -2.46. The van der Waals surface area contributed by atoms with Crippen molar-refractivity contribution in [2.75, 3.05) is 39.3 Å². The van der Waals surface area contributed by atoms with E-state index in [1.54, 1.807) is 0 Å². The molecule has 0 atom stereocenters. The molecule has 0 bridgehead atoms. The second kappa shape index (κ2) is 4.98. The number of nitrogens with zero attached hydrogens (tertiary/aromatic N) is 3. The molecule has 3 heterocycles. The van der Waals surface area contributed by atoms with Crippen molar-refractivity contribution in [2.45, 2.75) is 13.0 Å². The van der Waals surface area contributed by atoms with Crippen molar-refractivity contribution >= 4 is 5.91 Å². The standard InChI is InChI=1S/C14H22N4O/c1-11-3-4-13(16(11)2)14(19)18-9-12(10-18)17-7-5-15-6-8-17/h3-4,12,15H,5-10H2,1-2H3. The largest absolute Gasteiger partial charge is 0.344 e. The molecule has 1 amide bonds. The van der Waals surface area contributed by atoms with E-state index in [0.717, 1.165) is 50.7 Å². The second-order valence-corrected chi connectivity index (χ2v) is 5.57. The third-order valence-corrected chi connectivity index (χ3v) is 4.41. The minimum Gasteiger partial charge on any atom is -0.344 e. The van der Waals surface area contributed by atoms with Gasteiger partial charge >= 0.3 is 0 Å². The molecule has 2 saturated heterocycles. The molecule has 2 aliphatic heterocycles. The number of hydrogen-bond donors (Lipinski definition) is 1. The Balaban J connectivity index is 1.58. The molecule has 1 aromatic heterocycles. The molecule has 19 heavy (non-hydrogen) atoms. The van der Waals surface area contributed by atoms with Gasteiger partial charge in [0, 0.05) is 58.1 Å². The zero-order chi connectivity index (χ0) is 13.4. The van der Waals surface area contributed by atoms with E-state index >= 15 is 0 Å². The average Bonchev–Trinajstić information content (AvgIpc) is 2.69. The number of amides is 1. The highest BCUT2D eigenvalue weighted by Gasteiger charge is 2.36. The van der Waals surface area contributed by atoms with E-state index in [9.17, 15) is 4.79 Å². The fourth-order valence-electron chi connectivity index (χ4n) is 2.89. The monoisotopic (exact) mass is 262 g/mol. The molecule has 2 aliphatic rings. The zero-order valence-corrected chi connectivity index (χ0v) is 11.7. The van der Waals surface area contributed by atoms with Crippen LogP contribution in [0.3, 0.4) is 0 Å². The first kappa shape index (κ1) is 12.7. The number of aryl methyl sites for hydroxylation is 1. The Morgan fingerprint density at radius 3 is 2.53 bits per heavy atom. The van der Waals surface area contributed by atoms with Crippen LogP contribution in [0.5, 0.6) is 0 Å². The maximum Gasteiger partial charge on any atom is 0.270 e. The van der Waals surface area contributed by atoms with Crippen molar-refractivity contribution in [3.63, 3.8) is 0 Å². The summed E-state index contributed by atoms with van der Waals surface area (Å²) in [6.07, 6.45) is 0. The molecule has 3 rings (SSSR count). The summed E-state index contributed by atoms with van der Waals surface area (Å²) in [5.74, 6) is 0.169. The molecule has 1 aromatic rings. The fraction of sp³-hybridized carbons (Fsp3) is 0.643. The average molecular weight is 262 g/mol. The van der Waals surface area contributed by atoms with E-state index in [0.29, 0.717) is 6.04 Å². The van der Waals surface area contributed by atoms with Gasteiger partial charge < -0.3 is 14.8 Å². The van der Waals surface area contributed by atoms with E-state index in [1.165, 1.54) is 0 Å². The van der Waals surface area contributed by atoms with Gasteiger partial charge in [0.05, 0.1) is 0 Å². The maximum atomic E-state index is 12.4. The first-order valence-corrected chi connectivity index (χ1v) is 7.03. The highest BCUT2D eigenvalue weighted by molar-refractivity contribution is 5.93. The summed E-state index contributed by atoms with van der Waals surface area (Å²) in [7, 11) is 1.95. The van der Waals surface area contributed by atoms with Crippen LogP contribution in [0, 0.1) is 6.92 Å². The molecule has 2 fully saturated rings. The van der Waals surface area contributed by atoms with Crippen LogP contribution in [0.15, 0.2) is 12.1 Å². The number of hydrogen-bond acceptors (Lipinski definition) is 3. The summed E-state index contributed by atoms with van der Waals surface area (Å²) in [5.41, 5.74) is 1.93. The van der Waals surface area contributed by atoms with Gasteiger partial charge in [-0.25, -0.2) is 0 Å². The van der Waals surface area contributed by atoms with Gasteiger partial charge in [-0.2, -0.15) is 0 Å². The second-order valence-electron chi connectivity index (χ2n) is 5.57. The van der Waals surface area contributed by atoms with Gasteiger partial charge in [0.1, 0.15) is 5.69 Å². The molecule has 0 radical (unpaired) electrons. The first-order chi connectivity index (χ1) is 9.16. The van der Waals surface area contributed by atoms with Crippen LogP contribution in [0.2, 0.25) is 0 Å². The zero-order valence-electron chi connectivity index (χ0n) is 11.7. The van der Waals surface area contributed by atoms with Crippen molar-refractivity contribution in [3.8, 4) is 0 Å². The van der Waals surface area contributed by atoms with Crippen LogP contribution in [0.25, 0.3) is 0 Å². The summed E-state index contributed by atoms with van der Waals surface area (Å²) in [6, 6.07) is 4.49. The molecule has 0 saturated carbocycles. The van der Waals surface area contributed by atoms with Crippen LogP contribution >= 0.6 is 0 Å². The minimum absolute atomic E-state index is 0.169. The molecule has 0 unspecified atom stereocenters. The molecule has 5 heteroatoms. The summed E-state index contributed by atoms with van der Waals surface area (Å²) in [5, 5.41) is 3.36. The Morgan fingerprint density at radius 1 is 1.26 bits per heavy atom. The Labute approximate surface area is 114 Å². The predicted molar refractivity (Wildman–Crippen MR) is 74.3 cm³/mol. The number of rotatable bonds is 2. The van der Waals surface area contributed by atoms with Gasteiger partial charge in [-0.15, -0.1) is 0 Å². The van der Waals surface area contributed by atoms with E-state index < -0.39 is 0 Å². The molecule has 0 spiro atoms. The van der Waals surface area contributed by atoms with Crippen LogP contribution < -0.4 is 5.32 Å². The Kier molecular flexibility index (Phi) is 3.33. The van der Waals surface area contributed by atoms with E-state index in [1.807, 2.05) is 35.6 Å². The normalized spacial score (nSPS) is 21.5. The van der Waals surface area contributed by atoms with Crippen molar-refractivity contribution in [1.29, 1.82) is 0 Å². The summed E-state index contributed by atoms with van der Waals surface area (Å²) in [4.78, 5) is 16.8. The summed E-state index contributed by atoms with van der Waals surface area (Å²) < 4.78 is 1.97. The number of aromatic nitrogens is 1. The van der Waals surface area contributed by atoms with Crippen LogP contribution in [0.4, 0.5) is 0 Å². The summed E-state index contributed by atoms with van der Waals surface area (Å²) in [6.45, 7) is 8.14. The third kappa shape index (κ3) is 2.28. The van der Waals surface area contributed by atoms with Gasteiger partial charge in [-0.1, -0.05) is 0 Å². The number of nitrogens with one attached hydrogen (secondary N) is 1. The number of piperazine rings is 1. The quantitative estimate of drug-likeness (QED) is 0.819. The Hall–Kier alpha value is -1.33. The molecule has 0 aliphatic carbocycles. The Morgan fingerprint density at radius 2 is 1.95 bits per heavy atom. The highest BCUT2D eigenvalue weighted by atomic mass is 16.2. The van der Waals surface area contributed by atoms with Crippen molar-refractivity contribution in [2.24, 2.45) is 7.05 Å². The van der Waals surface area contributed by atoms with Crippen LogP contribution in [-0.4, -0.2) is 65.6 Å². The molecular formula is C14H22N4O. The van der Waals surface area contributed by atoms with E-state index in [-0.39, 0.29) is 5.91 Å². The number of carbonyl (C=O) groups excluding carboxylic acids is 1. The molecular weight excluding hydrogens is 240 g/mol. The van der Waals surface area contributed by atoms with Gasteiger partial charge in [0.25, 0.3) is 5.91 Å². The Bertz CT molecular complexity index is 470. The molecule has 1 N–H and O–H groups in total. The van der Waals surface area contributed by atoms with Crippen molar-refractivity contribution < 1.29 is 4.79 Å². The number of likely N-dealkylation sites (tertiary alicyclic amines) is 1. The fourth-order valence-corrected chi connectivity index (χ4v) is 2.89. The number of carbonyl (C=O) groups is 1.